The SMILES string of the molecule is Cc1cc2c(=O)c(C(C)C)c(C)[nH]c2cc1F. The second kappa shape index (κ2) is 3.99. The molecule has 1 aromatic carbocycles. The maximum absolute atomic E-state index is 13.4. The largest absolute Gasteiger partial charge is 0.358 e. The first-order valence-corrected chi connectivity index (χ1v) is 5.74. The van der Waals surface area contributed by atoms with E-state index in [2.05, 4.69) is 4.98 Å². The molecule has 2 rings (SSSR count). The molecule has 0 bridgehead atoms. The highest BCUT2D eigenvalue weighted by atomic mass is 19.1. The van der Waals surface area contributed by atoms with Crippen LogP contribution in [0.2, 0.25) is 0 Å². The van der Waals surface area contributed by atoms with E-state index in [0.29, 0.717) is 16.5 Å². The summed E-state index contributed by atoms with van der Waals surface area (Å²) in [4.78, 5) is 15.4. The molecule has 0 radical (unpaired) electrons. The van der Waals surface area contributed by atoms with Gasteiger partial charge in [0.1, 0.15) is 5.82 Å². The Bertz CT molecular complexity index is 641. The molecule has 3 heteroatoms. The third kappa shape index (κ3) is 1.86. The zero-order valence-electron chi connectivity index (χ0n) is 10.5. The molecule has 2 aromatic rings. The van der Waals surface area contributed by atoms with Gasteiger partial charge in [0.15, 0.2) is 5.43 Å². The van der Waals surface area contributed by atoms with E-state index in [0.717, 1.165) is 11.3 Å². The van der Waals surface area contributed by atoms with Crippen molar-refractivity contribution in [1.29, 1.82) is 0 Å². The van der Waals surface area contributed by atoms with E-state index in [1.54, 1.807) is 13.0 Å². The number of aromatic amines is 1. The van der Waals surface area contributed by atoms with Gasteiger partial charge >= 0.3 is 0 Å². The molecule has 90 valence electrons. The van der Waals surface area contributed by atoms with Crippen LogP contribution in [0.5, 0.6) is 0 Å². The quantitative estimate of drug-likeness (QED) is 0.804. The Morgan fingerprint density at radius 1 is 1.24 bits per heavy atom. The molecular weight excluding hydrogens is 217 g/mol. The minimum Gasteiger partial charge on any atom is -0.358 e. The van der Waals surface area contributed by atoms with Crippen LogP contribution in [-0.2, 0) is 0 Å². The van der Waals surface area contributed by atoms with Gasteiger partial charge in [-0.15, -0.1) is 0 Å². The number of benzene rings is 1. The van der Waals surface area contributed by atoms with Crippen LogP contribution in [-0.4, -0.2) is 4.98 Å². The minimum atomic E-state index is -0.287. The van der Waals surface area contributed by atoms with Gasteiger partial charge in [-0.05, 0) is 37.5 Å². The van der Waals surface area contributed by atoms with Crippen molar-refractivity contribution < 1.29 is 4.39 Å². The maximum Gasteiger partial charge on any atom is 0.193 e. The third-order valence-corrected chi connectivity index (χ3v) is 3.09. The van der Waals surface area contributed by atoms with E-state index in [-0.39, 0.29) is 17.2 Å². The summed E-state index contributed by atoms with van der Waals surface area (Å²) in [6.07, 6.45) is 0. The Morgan fingerprint density at radius 2 is 1.88 bits per heavy atom. The van der Waals surface area contributed by atoms with Gasteiger partial charge in [-0.1, -0.05) is 13.8 Å². The first kappa shape index (κ1) is 11.8. The summed E-state index contributed by atoms with van der Waals surface area (Å²) in [6, 6.07) is 3.01. The zero-order valence-corrected chi connectivity index (χ0v) is 10.5. The first-order valence-electron chi connectivity index (χ1n) is 5.74. The molecule has 0 spiro atoms. The topological polar surface area (TPSA) is 32.9 Å². The molecule has 0 fully saturated rings. The summed E-state index contributed by atoms with van der Waals surface area (Å²) in [5, 5.41) is 0.568. The van der Waals surface area contributed by atoms with Crippen LogP contribution in [0.25, 0.3) is 10.9 Å². The van der Waals surface area contributed by atoms with Crippen LogP contribution in [0, 0.1) is 19.7 Å². The maximum atomic E-state index is 13.4. The van der Waals surface area contributed by atoms with E-state index in [9.17, 15) is 9.18 Å². The van der Waals surface area contributed by atoms with Crippen molar-refractivity contribution in [2.75, 3.05) is 0 Å². The summed E-state index contributed by atoms with van der Waals surface area (Å²) in [6.45, 7) is 7.50. The van der Waals surface area contributed by atoms with Crippen molar-refractivity contribution in [1.82, 2.24) is 4.98 Å². The number of pyridine rings is 1. The Hall–Kier alpha value is -1.64. The van der Waals surface area contributed by atoms with E-state index < -0.39 is 0 Å². The number of rotatable bonds is 1. The smallest absolute Gasteiger partial charge is 0.193 e. The predicted molar refractivity (Wildman–Crippen MR) is 68.1 cm³/mol. The van der Waals surface area contributed by atoms with Gasteiger partial charge in [0, 0.05) is 16.6 Å². The zero-order chi connectivity index (χ0) is 12.7. The fraction of sp³-hybridized carbons (Fsp3) is 0.357. The standard InChI is InChI=1S/C14H16FNO/c1-7(2)13-9(4)16-12-6-11(15)8(3)5-10(12)14(13)17/h5-7H,1-4H3,(H,16,17). The van der Waals surface area contributed by atoms with Crippen molar-refractivity contribution in [3.63, 3.8) is 0 Å². The molecule has 1 aromatic heterocycles. The van der Waals surface area contributed by atoms with Crippen LogP contribution < -0.4 is 5.43 Å². The number of aromatic nitrogens is 1. The molecule has 0 saturated carbocycles. The Kier molecular flexibility index (Phi) is 2.77. The average molecular weight is 233 g/mol. The van der Waals surface area contributed by atoms with Crippen molar-refractivity contribution in [2.45, 2.75) is 33.6 Å². The van der Waals surface area contributed by atoms with Crippen LogP contribution in [0.3, 0.4) is 0 Å². The number of hydrogen-bond acceptors (Lipinski definition) is 1. The molecule has 0 amide bonds. The van der Waals surface area contributed by atoms with E-state index in [4.69, 9.17) is 0 Å². The highest BCUT2D eigenvalue weighted by Crippen LogP contribution is 2.20. The lowest BCUT2D eigenvalue weighted by atomic mass is 9.98. The fourth-order valence-corrected chi connectivity index (χ4v) is 2.25. The number of aryl methyl sites for hydroxylation is 2. The van der Waals surface area contributed by atoms with Gasteiger partial charge < -0.3 is 4.98 Å². The van der Waals surface area contributed by atoms with Gasteiger partial charge in [0.2, 0.25) is 0 Å². The van der Waals surface area contributed by atoms with Crippen molar-refractivity contribution >= 4 is 10.9 Å². The Morgan fingerprint density at radius 3 is 2.47 bits per heavy atom. The van der Waals surface area contributed by atoms with Crippen LogP contribution in [0.4, 0.5) is 4.39 Å². The third-order valence-electron chi connectivity index (χ3n) is 3.09. The number of fused-ring (bicyclic) bond motifs is 1. The van der Waals surface area contributed by atoms with E-state index in [1.165, 1.54) is 6.07 Å². The van der Waals surface area contributed by atoms with Crippen molar-refractivity contribution in [3.8, 4) is 0 Å². The number of hydrogen-bond donors (Lipinski definition) is 1. The highest BCUT2D eigenvalue weighted by Gasteiger charge is 2.13. The Balaban J connectivity index is 2.93. The normalized spacial score (nSPS) is 11.4. The summed E-state index contributed by atoms with van der Waals surface area (Å²) >= 11 is 0. The molecule has 0 aliphatic carbocycles. The molecule has 0 atom stereocenters. The van der Waals surface area contributed by atoms with Crippen LogP contribution in [0.15, 0.2) is 16.9 Å². The summed E-state index contributed by atoms with van der Waals surface area (Å²) in [5.74, 6) is -0.127. The molecule has 0 aliphatic rings. The van der Waals surface area contributed by atoms with Crippen LogP contribution in [0.1, 0.15) is 36.6 Å². The monoisotopic (exact) mass is 233 g/mol. The lowest BCUT2D eigenvalue weighted by Gasteiger charge is -2.11. The van der Waals surface area contributed by atoms with Gasteiger partial charge in [-0.3, -0.25) is 4.79 Å². The lowest BCUT2D eigenvalue weighted by Crippen LogP contribution is -2.15. The molecule has 1 N–H and O–H groups in total. The van der Waals surface area contributed by atoms with E-state index in [1.807, 2.05) is 20.8 Å². The van der Waals surface area contributed by atoms with Gasteiger partial charge in [-0.25, -0.2) is 4.39 Å². The average Bonchev–Trinajstić information content (AvgIpc) is 2.21. The van der Waals surface area contributed by atoms with Gasteiger partial charge in [0.25, 0.3) is 0 Å². The summed E-state index contributed by atoms with van der Waals surface area (Å²) in [7, 11) is 0. The number of halogens is 1. The molecule has 1 heterocycles. The molecule has 0 saturated heterocycles. The number of H-pyrrole nitrogens is 1. The molecular formula is C14H16FNO. The molecule has 17 heavy (non-hydrogen) atoms. The molecule has 0 unspecified atom stereocenters. The first-order chi connectivity index (χ1) is 7.91. The van der Waals surface area contributed by atoms with Gasteiger partial charge in [0.05, 0.1) is 5.52 Å². The Labute approximate surface area is 99.5 Å². The number of nitrogens with one attached hydrogen (secondary N) is 1. The lowest BCUT2D eigenvalue weighted by molar-refractivity contribution is 0.620. The van der Waals surface area contributed by atoms with E-state index >= 15 is 0 Å². The van der Waals surface area contributed by atoms with Gasteiger partial charge in [-0.2, -0.15) is 0 Å². The highest BCUT2D eigenvalue weighted by molar-refractivity contribution is 5.80. The fourth-order valence-electron chi connectivity index (χ4n) is 2.25. The van der Waals surface area contributed by atoms with Crippen LogP contribution >= 0.6 is 0 Å². The molecule has 0 aliphatic heterocycles. The summed E-state index contributed by atoms with van der Waals surface area (Å²) in [5.41, 5.74) is 2.68. The molecule has 2 nitrogen and oxygen atoms in total. The predicted octanol–water partition coefficient (Wildman–Crippen LogP) is 3.41. The minimum absolute atomic E-state index is 0.00866. The van der Waals surface area contributed by atoms with Crippen molar-refractivity contribution in [3.05, 3.63) is 45.0 Å². The summed E-state index contributed by atoms with van der Waals surface area (Å²) < 4.78 is 13.4. The van der Waals surface area contributed by atoms with Crippen molar-refractivity contribution in [2.24, 2.45) is 0 Å². The second-order valence-electron chi connectivity index (χ2n) is 4.79. The second-order valence-corrected chi connectivity index (χ2v) is 4.79.